The number of nitrogens with zero attached hydrogens (tertiary/aromatic N) is 2. The summed E-state index contributed by atoms with van der Waals surface area (Å²) < 4.78 is 57.5. The number of anilines is 1. The van der Waals surface area contributed by atoms with Crippen LogP contribution in [0.15, 0.2) is 30.3 Å². The van der Waals surface area contributed by atoms with Gasteiger partial charge in [-0.05, 0) is 30.2 Å². The number of carbonyl (C=O) groups is 1. The molecule has 0 aliphatic carbocycles. The van der Waals surface area contributed by atoms with Crippen molar-refractivity contribution in [3.05, 3.63) is 58.9 Å². The van der Waals surface area contributed by atoms with Crippen LogP contribution in [0, 0.1) is 17.5 Å². The summed E-state index contributed by atoms with van der Waals surface area (Å²) in [4.78, 5) is 16.6. The van der Waals surface area contributed by atoms with E-state index >= 15 is 0 Å². The standard InChI is InChI=1S/C24H25F3N2O4/c1-31-21-13-16-4-5-29(23(30)3-2-17-12-18(25)14-19(26)24(17)27)20(16)15-22(21)33-11-8-28-6-9-32-10-7-28/h2-3,12-15H,4-11H2,1H3/b3-2+. The molecule has 2 heterocycles. The van der Waals surface area contributed by atoms with Gasteiger partial charge < -0.3 is 19.1 Å². The van der Waals surface area contributed by atoms with Gasteiger partial charge >= 0.3 is 0 Å². The van der Waals surface area contributed by atoms with E-state index < -0.39 is 23.4 Å². The second kappa shape index (κ2) is 10.3. The molecule has 0 N–H and O–H groups in total. The second-order valence-corrected chi connectivity index (χ2v) is 7.80. The zero-order chi connectivity index (χ0) is 23.4. The molecule has 1 fully saturated rings. The summed E-state index contributed by atoms with van der Waals surface area (Å²) >= 11 is 0. The van der Waals surface area contributed by atoms with E-state index in [-0.39, 0.29) is 5.56 Å². The van der Waals surface area contributed by atoms with Gasteiger partial charge in [0, 0.05) is 50.0 Å². The predicted octanol–water partition coefficient (Wildman–Crippen LogP) is 3.43. The van der Waals surface area contributed by atoms with Crippen molar-refractivity contribution in [2.45, 2.75) is 6.42 Å². The van der Waals surface area contributed by atoms with Gasteiger partial charge in [0.15, 0.2) is 23.1 Å². The van der Waals surface area contributed by atoms with E-state index in [1.165, 1.54) is 4.90 Å². The SMILES string of the molecule is COc1cc2c(cc1OCCN1CCOCC1)N(C(=O)/C=C/c1cc(F)cc(F)c1F)CC2. The first-order valence-corrected chi connectivity index (χ1v) is 10.7. The number of methoxy groups -OCH3 is 1. The molecule has 2 aromatic carbocycles. The zero-order valence-corrected chi connectivity index (χ0v) is 18.3. The number of carbonyl (C=O) groups excluding carboxylic acids is 1. The molecule has 176 valence electrons. The summed E-state index contributed by atoms with van der Waals surface area (Å²) in [5.41, 5.74) is 1.25. The number of hydrogen-bond acceptors (Lipinski definition) is 5. The monoisotopic (exact) mass is 462 g/mol. The highest BCUT2D eigenvalue weighted by molar-refractivity contribution is 6.05. The van der Waals surface area contributed by atoms with Gasteiger partial charge in [0.25, 0.3) is 5.91 Å². The first-order valence-electron chi connectivity index (χ1n) is 10.7. The van der Waals surface area contributed by atoms with Crippen molar-refractivity contribution in [3.8, 4) is 11.5 Å². The van der Waals surface area contributed by atoms with Crippen molar-refractivity contribution in [2.24, 2.45) is 0 Å². The van der Waals surface area contributed by atoms with Gasteiger partial charge in [0.05, 0.1) is 26.0 Å². The molecule has 0 atom stereocenters. The first kappa shape index (κ1) is 23.1. The Hall–Kier alpha value is -3.04. The minimum Gasteiger partial charge on any atom is -0.493 e. The molecular weight excluding hydrogens is 437 g/mol. The third-order valence-electron chi connectivity index (χ3n) is 5.72. The fourth-order valence-corrected chi connectivity index (χ4v) is 3.95. The molecule has 0 bridgehead atoms. The lowest BCUT2D eigenvalue weighted by Crippen LogP contribution is -2.38. The van der Waals surface area contributed by atoms with Crippen LogP contribution in [0.1, 0.15) is 11.1 Å². The molecule has 0 spiro atoms. The molecule has 2 aliphatic rings. The average Bonchev–Trinajstić information content (AvgIpc) is 3.23. The Morgan fingerprint density at radius 1 is 1.09 bits per heavy atom. The Morgan fingerprint density at radius 2 is 1.88 bits per heavy atom. The topological polar surface area (TPSA) is 51.2 Å². The largest absolute Gasteiger partial charge is 0.493 e. The zero-order valence-electron chi connectivity index (χ0n) is 18.3. The van der Waals surface area contributed by atoms with E-state index in [2.05, 4.69) is 4.90 Å². The number of halogens is 3. The summed E-state index contributed by atoms with van der Waals surface area (Å²) in [5, 5.41) is 0. The van der Waals surface area contributed by atoms with E-state index in [4.69, 9.17) is 14.2 Å². The fourth-order valence-electron chi connectivity index (χ4n) is 3.95. The lowest BCUT2D eigenvalue weighted by Gasteiger charge is -2.26. The molecule has 9 heteroatoms. The first-order chi connectivity index (χ1) is 16.0. The van der Waals surface area contributed by atoms with Crippen molar-refractivity contribution in [2.75, 3.05) is 58.0 Å². The normalized spacial score (nSPS) is 16.3. The van der Waals surface area contributed by atoms with E-state index in [0.29, 0.717) is 56.0 Å². The van der Waals surface area contributed by atoms with Crippen LogP contribution < -0.4 is 14.4 Å². The van der Waals surface area contributed by atoms with Gasteiger partial charge in [-0.2, -0.15) is 0 Å². The molecule has 0 unspecified atom stereocenters. The van der Waals surface area contributed by atoms with Crippen LogP contribution in [0.2, 0.25) is 0 Å². The van der Waals surface area contributed by atoms with Gasteiger partial charge in [0.1, 0.15) is 12.4 Å². The minimum atomic E-state index is -1.31. The van der Waals surface area contributed by atoms with Crippen LogP contribution in [0.3, 0.4) is 0 Å². The quantitative estimate of drug-likeness (QED) is 0.466. The van der Waals surface area contributed by atoms with Crippen LogP contribution in [-0.2, 0) is 16.0 Å². The predicted molar refractivity (Wildman–Crippen MR) is 117 cm³/mol. The van der Waals surface area contributed by atoms with Crippen molar-refractivity contribution in [1.29, 1.82) is 0 Å². The second-order valence-electron chi connectivity index (χ2n) is 7.80. The van der Waals surface area contributed by atoms with E-state index in [1.807, 2.05) is 6.07 Å². The van der Waals surface area contributed by atoms with Crippen molar-refractivity contribution < 1.29 is 32.2 Å². The highest BCUT2D eigenvalue weighted by Gasteiger charge is 2.26. The van der Waals surface area contributed by atoms with Crippen LogP contribution in [-0.4, -0.2) is 63.9 Å². The molecule has 0 aromatic heterocycles. The smallest absolute Gasteiger partial charge is 0.251 e. The number of rotatable bonds is 7. The maximum absolute atomic E-state index is 13.9. The number of ether oxygens (including phenoxy) is 3. The molecule has 0 saturated carbocycles. The summed E-state index contributed by atoms with van der Waals surface area (Å²) in [5.74, 6) is -2.76. The van der Waals surface area contributed by atoms with Gasteiger partial charge in [0.2, 0.25) is 0 Å². The van der Waals surface area contributed by atoms with Gasteiger partial charge in [-0.25, -0.2) is 13.2 Å². The average molecular weight is 462 g/mol. The Labute approximate surface area is 190 Å². The molecule has 6 nitrogen and oxygen atoms in total. The molecule has 33 heavy (non-hydrogen) atoms. The van der Waals surface area contributed by atoms with Crippen LogP contribution in [0.25, 0.3) is 6.08 Å². The highest BCUT2D eigenvalue weighted by atomic mass is 19.2. The van der Waals surface area contributed by atoms with Gasteiger partial charge in [-0.1, -0.05) is 0 Å². The molecule has 1 saturated heterocycles. The number of benzene rings is 2. The lowest BCUT2D eigenvalue weighted by molar-refractivity contribution is -0.114. The van der Waals surface area contributed by atoms with Crippen molar-refractivity contribution in [3.63, 3.8) is 0 Å². The van der Waals surface area contributed by atoms with Gasteiger partial charge in [-0.3, -0.25) is 9.69 Å². The number of amides is 1. The van der Waals surface area contributed by atoms with E-state index in [0.717, 1.165) is 43.4 Å². The lowest BCUT2D eigenvalue weighted by atomic mass is 10.1. The van der Waals surface area contributed by atoms with Gasteiger partial charge in [-0.15, -0.1) is 0 Å². The molecule has 1 amide bonds. The van der Waals surface area contributed by atoms with E-state index in [9.17, 15) is 18.0 Å². The van der Waals surface area contributed by atoms with Crippen molar-refractivity contribution >= 4 is 17.7 Å². The van der Waals surface area contributed by atoms with Crippen LogP contribution in [0.4, 0.5) is 18.9 Å². The summed E-state index contributed by atoms with van der Waals surface area (Å²) in [6.45, 7) is 4.74. The Morgan fingerprint density at radius 3 is 2.64 bits per heavy atom. The maximum Gasteiger partial charge on any atom is 0.251 e. The molecule has 2 aliphatic heterocycles. The molecule has 4 rings (SSSR count). The number of hydrogen-bond donors (Lipinski definition) is 0. The van der Waals surface area contributed by atoms with Crippen LogP contribution in [0.5, 0.6) is 11.5 Å². The van der Waals surface area contributed by atoms with Crippen molar-refractivity contribution in [1.82, 2.24) is 4.90 Å². The fraction of sp³-hybridized carbons (Fsp3) is 0.375. The Bertz CT molecular complexity index is 1050. The third-order valence-corrected chi connectivity index (χ3v) is 5.72. The van der Waals surface area contributed by atoms with Crippen LogP contribution >= 0.6 is 0 Å². The summed E-state index contributed by atoms with van der Waals surface area (Å²) in [7, 11) is 1.56. The Kier molecular flexibility index (Phi) is 7.20. The highest BCUT2D eigenvalue weighted by Crippen LogP contribution is 2.39. The minimum absolute atomic E-state index is 0.331. The molecule has 0 radical (unpaired) electrons. The number of fused-ring (bicyclic) bond motifs is 1. The Balaban J connectivity index is 1.48. The number of morpholine rings is 1. The summed E-state index contributed by atoms with van der Waals surface area (Å²) in [6, 6.07) is 4.90. The third kappa shape index (κ3) is 5.31. The van der Waals surface area contributed by atoms with E-state index in [1.54, 1.807) is 13.2 Å². The molecule has 2 aromatic rings. The maximum atomic E-state index is 13.9. The summed E-state index contributed by atoms with van der Waals surface area (Å²) in [6.07, 6.45) is 2.79. The molecular formula is C24H25F3N2O4.